The quantitative estimate of drug-likeness (QED) is 0.173. The molecule has 2 atom stereocenters. The third kappa shape index (κ3) is 6.58. The van der Waals surface area contributed by atoms with E-state index in [9.17, 15) is 18.0 Å². The van der Waals surface area contributed by atoms with Crippen molar-refractivity contribution in [2.75, 3.05) is 20.2 Å². The number of nitrogens with two attached hydrogens (primary N) is 1. The fourth-order valence-electron chi connectivity index (χ4n) is 5.45. The maximum absolute atomic E-state index is 14.2. The Hall–Kier alpha value is -4.74. The van der Waals surface area contributed by atoms with Crippen molar-refractivity contribution in [3.8, 4) is 5.75 Å². The Kier molecular flexibility index (Phi) is 8.98. The van der Waals surface area contributed by atoms with Crippen molar-refractivity contribution in [2.24, 2.45) is 5.73 Å². The van der Waals surface area contributed by atoms with Gasteiger partial charge in [-0.3, -0.25) is 15.0 Å². The predicted molar refractivity (Wildman–Crippen MR) is 169 cm³/mol. The van der Waals surface area contributed by atoms with Crippen molar-refractivity contribution in [1.29, 1.82) is 5.41 Å². The van der Waals surface area contributed by atoms with Crippen LogP contribution in [0, 0.1) is 5.41 Å². The predicted octanol–water partition coefficient (Wildman–Crippen LogP) is 3.80. The molecule has 1 saturated heterocycles. The highest BCUT2D eigenvalue weighted by Gasteiger charge is 2.43. The summed E-state index contributed by atoms with van der Waals surface area (Å²) in [6, 6.07) is 25.0. The number of nitrogens with zero attached hydrogens (tertiary/aromatic N) is 2. The van der Waals surface area contributed by atoms with Gasteiger partial charge in [0.15, 0.2) is 0 Å². The minimum absolute atomic E-state index is 0.0254. The lowest BCUT2D eigenvalue weighted by atomic mass is 10.1. The van der Waals surface area contributed by atoms with Crippen LogP contribution >= 0.6 is 0 Å². The number of hydrogen-bond donors (Lipinski definition) is 3. The van der Waals surface area contributed by atoms with Crippen LogP contribution in [0.3, 0.4) is 0 Å². The molecule has 1 aliphatic rings. The van der Waals surface area contributed by atoms with Gasteiger partial charge in [-0.05, 0) is 65.6 Å². The second kappa shape index (κ2) is 12.9. The normalized spacial score (nSPS) is 15.8. The fourth-order valence-corrected chi connectivity index (χ4v) is 7.05. The van der Waals surface area contributed by atoms with Crippen molar-refractivity contribution < 1.29 is 22.7 Å². The number of methoxy groups -OCH3 is 1. The van der Waals surface area contributed by atoms with E-state index in [1.54, 1.807) is 41.3 Å². The number of hydrogen-bond acceptors (Lipinski definition) is 6. The molecule has 5 rings (SSSR count). The number of sulfonamides is 1. The Balaban J connectivity index is 1.45. The topological polar surface area (TPSA) is 146 Å². The van der Waals surface area contributed by atoms with Gasteiger partial charge in [-0.15, -0.1) is 0 Å². The van der Waals surface area contributed by atoms with E-state index in [0.29, 0.717) is 23.2 Å². The average molecular weight is 614 g/mol. The molecule has 0 aliphatic carbocycles. The smallest absolute Gasteiger partial charge is 0.244 e. The summed E-state index contributed by atoms with van der Waals surface area (Å²) in [5.41, 5.74) is 7.80. The zero-order valence-electron chi connectivity index (χ0n) is 24.6. The van der Waals surface area contributed by atoms with Gasteiger partial charge in [-0.1, -0.05) is 60.7 Å². The standard InChI is InChI=1S/C33H35N5O5S/c1-22(24-8-4-3-5-9-24)36-31(39)21-38(44(41,42)29-14-12-25-11-13-28(43-2)18-27(25)19-29)30-15-16-37(33(30)40)20-23-7-6-10-26(17-23)32(34)35/h3-14,17-19,22,30H,15-16,20-21H2,1-2H3,(H3,34,35)(H,36,39)/t22?,30-/m0/s1. The van der Waals surface area contributed by atoms with Gasteiger partial charge in [0.25, 0.3) is 0 Å². The molecule has 0 spiro atoms. The van der Waals surface area contributed by atoms with Gasteiger partial charge in [0, 0.05) is 18.7 Å². The first-order chi connectivity index (χ1) is 21.1. The lowest BCUT2D eigenvalue weighted by Gasteiger charge is -2.28. The molecule has 1 unspecified atom stereocenters. The molecule has 1 fully saturated rings. The first kappa shape index (κ1) is 30.7. The van der Waals surface area contributed by atoms with E-state index >= 15 is 0 Å². The van der Waals surface area contributed by atoms with Crippen LogP contribution in [0.5, 0.6) is 5.75 Å². The van der Waals surface area contributed by atoms with E-state index in [1.165, 1.54) is 19.2 Å². The molecule has 1 aliphatic heterocycles. The van der Waals surface area contributed by atoms with E-state index in [2.05, 4.69) is 5.32 Å². The van der Waals surface area contributed by atoms with Crippen LogP contribution in [0.1, 0.15) is 36.1 Å². The molecule has 0 radical (unpaired) electrons. The third-order valence-electron chi connectivity index (χ3n) is 7.83. The van der Waals surface area contributed by atoms with Gasteiger partial charge < -0.3 is 20.7 Å². The van der Waals surface area contributed by atoms with E-state index in [0.717, 1.165) is 20.8 Å². The summed E-state index contributed by atoms with van der Waals surface area (Å²) in [7, 11) is -2.76. The highest BCUT2D eigenvalue weighted by atomic mass is 32.2. The van der Waals surface area contributed by atoms with Crippen LogP contribution in [0.2, 0.25) is 0 Å². The van der Waals surface area contributed by atoms with Crippen molar-refractivity contribution in [2.45, 2.75) is 36.9 Å². The molecule has 228 valence electrons. The fraction of sp³-hybridized carbons (Fsp3) is 0.242. The zero-order valence-corrected chi connectivity index (χ0v) is 25.4. The molecule has 0 aromatic heterocycles. The molecule has 0 saturated carbocycles. The van der Waals surface area contributed by atoms with E-state index in [-0.39, 0.29) is 29.7 Å². The average Bonchev–Trinajstić information content (AvgIpc) is 3.38. The van der Waals surface area contributed by atoms with Crippen LogP contribution in [0.4, 0.5) is 0 Å². The zero-order chi connectivity index (χ0) is 31.4. The van der Waals surface area contributed by atoms with Crippen molar-refractivity contribution in [3.05, 3.63) is 108 Å². The number of ether oxygens (including phenoxy) is 1. The number of nitrogens with one attached hydrogen (secondary N) is 2. The summed E-state index contributed by atoms with van der Waals surface area (Å²) in [4.78, 5) is 28.7. The molecule has 44 heavy (non-hydrogen) atoms. The van der Waals surface area contributed by atoms with Gasteiger partial charge in [-0.2, -0.15) is 4.31 Å². The second-order valence-electron chi connectivity index (χ2n) is 10.8. The number of carbonyl (C=O) groups excluding carboxylic acids is 2. The van der Waals surface area contributed by atoms with Gasteiger partial charge in [0.1, 0.15) is 17.6 Å². The minimum atomic E-state index is -4.30. The Labute approximate surface area is 257 Å². The molecule has 10 nitrogen and oxygen atoms in total. The summed E-state index contributed by atoms with van der Waals surface area (Å²) in [5, 5.41) is 12.1. The number of fused-ring (bicyclic) bond motifs is 1. The molecule has 4 aromatic rings. The summed E-state index contributed by atoms with van der Waals surface area (Å²) in [6.45, 7) is 1.81. The number of amidine groups is 1. The summed E-state index contributed by atoms with van der Waals surface area (Å²) < 4.78 is 34.8. The molecular weight excluding hydrogens is 578 g/mol. The number of likely N-dealkylation sites (tertiary alicyclic amines) is 1. The van der Waals surface area contributed by atoms with Gasteiger partial charge in [0.2, 0.25) is 21.8 Å². The van der Waals surface area contributed by atoms with Crippen LogP contribution in [-0.4, -0.2) is 61.5 Å². The first-order valence-electron chi connectivity index (χ1n) is 14.2. The van der Waals surface area contributed by atoms with Crippen molar-refractivity contribution >= 4 is 38.4 Å². The Morgan fingerprint density at radius 2 is 1.80 bits per heavy atom. The Bertz CT molecular complexity index is 1810. The maximum Gasteiger partial charge on any atom is 0.244 e. The van der Waals surface area contributed by atoms with Gasteiger partial charge in [-0.25, -0.2) is 8.42 Å². The molecule has 4 aromatic carbocycles. The van der Waals surface area contributed by atoms with E-state index in [4.69, 9.17) is 15.9 Å². The summed E-state index contributed by atoms with van der Waals surface area (Å²) in [5.74, 6) is -0.423. The van der Waals surface area contributed by atoms with E-state index < -0.39 is 34.4 Å². The van der Waals surface area contributed by atoms with E-state index in [1.807, 2.05) is 49.4 Å². The third-order valence-corrected chi connectivity index (χ3v) is 9.68. The monoisotopic (exact) mass is 613 g/mol. The van der Waals surface area contributed by atoms with Gasteiger partial charge >= 0.3 is 0 Å². The molecular formula is C33H35N5O5S. The van der Waals surface area contributed by atoms with Crippen molar-refractivity contribution in [1.82, 2.24) is 14.5 Å². The van der Waals surface area contributed by atoms with Gasteiger partial charge in [0.05, 0.1) is 24.6 Å². The molecule has 1 heterocycles. The molecule has 11 heteroatoms. The number of amides is 2. The summed E-state index contributed by atoms with van der Waals surface area (Å²) in [6.07, 6.45) is 0.216. The molecule has 4 N–H and O–H groups in total. The number of benzene rings is 4. The number of rotatable bonds is 11. The molecule has 2 amide bonds. The number of carbonyl (C=O) groups is 2. The molecule has 0 bridgehead atoms. The van der Waals surface area contributed by atoms with Crippen LogP contribution in [0.15, 0.2) is 95.9 Å². The van der Waals surface area contributed by atoms with Crippen LogP contribution < -0.4 is 15.8 Å². The highest BCUT2D eigenvalue weighted by molar-refractivity contribution is 7.89. The van der Waals surface area contributed by atoms with Crippen molar-refractivity contribution in [3.63, 3.8) is 0 Å². The maximum atomic E-state index is 14.2. The lowest BCUT2D eigenvalue weighted by Crippen LogP contribution is -2.49. The lowest BCUT2D eigenvalue weighted by molar-refractivity contribution is -0.132. The second-order valence-corrected chi connectivity index (χ2v) is 12.7. The number of nitrogen functional groups attached to an aromatic ring is 1. The first-order valence-corrected chi connectivity index (χ1v) is 15.7. The largest absolute Gasteiger partial charge is 0.497 e. The Morgan fingerprint density at radius 1 is 1.05 bits per heavy atom. The summed E-state index contributed by atoms with van der Waals surface area (Å²) >= 11 is 0. The van der Waals surface area contributed by atoms with Crippen LogP contribution in [-0.2, 0) is 26.2 Å². The van der Waals surface area contributed by atoms with Crippen LogP contribution in [0.25, 0.3) is 10.8 Å². The SMILES string of the molecule is COc1ccc2ccc(S(=O)(=O)N(CC(=O)NC(C)c3ccccc3)[C@H]3CCN(Cc4cccc(C(=N)N)c4)C3=O)cc2c1. The highest BCUT2D eigenvalue weighted by Crippen LogP contribution is 2.29. The minimum Gasteiger partial charge on any atom is -0.497 e. The Morgan fingerprint density at radius 3 is 2.52 bits per heavy atom.